The van der Waals surface area contributed by atoms with Gasteiger partial charge in [0.05, 0.1) is 5.69 Å². The van der Waals surface area contributed by atoms with E-state index < -0.39 is 0 Å². The van der Waals surface area contributed by atoms with Gasteiger partial charge in [-0.25, -0.2) is 4.98 Å². The van der Waals surface area contributed by atoms with Gasteiger partial charge in [-0.15, -0.1) is 0 Å². The van der Waals surface area contributed by atoms with E-state index in [1.165, 1.54) is 6.92 Å². The van der Waals surface area contributed by atoms with Crippen LogP contribution in [0.5, 0.6) is 0 Å². The van der Waals surface area contributed by atoms with Crippen LogP contribution in [0.3, 0.4) is 0 Å². The number of ketones is 1. The summed E-state index contributed by atoms with van der Waals surface area (Å²) in [5.41, 5.74) is 0.562. The molecule has 0 saturated heterocycles. The molecule has 1 rings (SSSR count). The van der Waals surface area contributed by atoms with E-state index in [1.807, 2.05) is 6.92 Å². The summed E-state index contributed by atoms with van der Waals surface area (Å²) in [5.74, 6) is 0.461. The molecule has 1 N–H and O–H groups in total. The van der Waals surface area contributed by atoms with E-state index in [-0.39, 0.29) is 23.5 Å². The van der Waals surface area contributed by atoms with Crippen LogP contribution in [0.2, 0.25) is 0 Å². The molecule has 0 aliphatic rings. The van der Waals surface area contributed by atoms with Crippen molar-refractivity contribution in [3.8, 4) is 0 Å². The molecule has 0 aromatic carbocycles. The Hall–Kier alpha value is -1.65. The Kier molecular flexibility index (Phi) is 5.07. The fraction of sp³-hybridized carbons (Fsp3) is 0.615. The molecule has 1 unspecified atom stereocenters. The number of hydrogen-bond acceptors (Lipinski definition) is 4. The summed E-state index contributed by atoms with van der Waals surface area (Å²) < 4.78 is 5.37. The van der Waals surface area contributed by atoms with Gasteiger partial charge >= 0.3 is 0 Å². The van der Waals surface area contributed by atoms with E-state index >= 15 is 0 Å². The van der Waals surface area contributed by atoms with E-state index in [0.717, 1.165) is 12.8 Å². The predicted molar refractivity (Wildman–Crippen MR) is 67.3 cm³/mol. The maximum absolute atomic E-state index is 11.6. The molecule has 0 spiro atoms. The molecule has 0 fully saturated rings. The second kappa shape index (κ2) is 6.33. The van der Waals surface area contributed by atoms with Crippen LogP contribution < -0.4 is 5.32 Å². The largest absolute Gasteiger partial charge is 0.435 e. The van der Waals surface area contributed by atoms with Crippen LogP contribution in [-0.4, -0.2) is 16.7 Å². The van der Waals surface area contributed by atoms with E-state index in [9.17, 15) is 9.59 Å². The first kappa shape index (κ1) is 14.4. The van der Waals surface area contributed by atoms with Crippen molar-refractivity contribution in [2.24, 2.45) is 0 Å². The zero-order valence-electron chi connectivity index (χ0n) is 11.4. The molecular formula is C13H20N2O3. The molecule has 1 atom stereocenters. The van der Waals surface area contributed by atoms with Crippen LogP contribution in [0.4, 0.5) is 0 Å². The minimum absolute atomic E-state index is 0.0235. The fourth-order valence-corrected chi connectivity index (χ4v) is 1.64. The topological polar surface area (TPSA) is 72.2 Å². The molecule has 1 aromatic rings. The summed E-state index contributed by atoms with van der Waals surface area (Å²) >= 11 is 0. The number of oxazole rings is 1. The Morgan fingerprint density at radius 1 is 1.44 bits per heavy atom. The van der Waals surface area contributed by atoms with Gasteiger partial charge in [-0.2, -0.15) is 0 Å². The van der Waals surface area contributed by atoms with E-state index in [1.54, 1.807) is 13.8 Å². The molecule has 0 aliphatic heterocycles. The maximum Gasteiger partial charge on any atom is 0.220 e. The molecule has 18 heavy (non-hydrogen) atoms. The highest BCUT2D eigenvalue weighted by Crippen LogP contribution is 2.17. The van der Waals surface area contributed by atoms with Crippen molar-refractivity contribution in [1.29, 1.82) is 0 Å². The minimum Gasteiger partial charge on any atom is -0.435 e. The molecule has 0 radical (unpaired) electrons. The van der Waals surface area contributed by atoms with Crippen molar-refractivity contribution in [1.82, 2.24) is 10.3 Å². The molecule has 1 amide bonds. The van der Waals surface area contributed by atoms with Gasteiger partial charge in [-0.3, -0.25) is 9.59 Å². The van der Waals surface area contributed by atoms with Gasteiger partial charge in [0.25, 0.3) is 0 Å². The van der Waals surface area contributed by atoms with Gasteiger partial charge in [0.1, 0.15) is 6.04 Å². The standard InChI is InChI=1S/C13H20N2O3/c1-5-6-7-11(17)14-9(3)13-15-8(2)12(18-13)10(4)16/h9H,5-7H2,1-4H3,(H,14,17). The number of unbranched alkanes of at least 4 members (excludes halogenated alkanes) is 1. The van der Waals surface area contributed by atoms with Crippen molar-refractivity contribution in [3.63, 3.8) is 0 Å². The van der Waals surface area contributed by atoms with Crippen LogP contribution in [0, 0.1) is 6.92 Å². The van der Waals surface area contributed by atoms with Crippen LogP contribution in [0.1, 0.15) is 68.2 Å². The first-order valence-corrected chi connectivity index (χ1v) is 6.23. The van der Waals surface area contributed by atoms with Gasteiger partial charge in [0.15, 0.2) is 11.5 Å². The van der Waals surface area contributed by atoms with Gasteiger partial charge in [0.2, 0.25) is 11.8 Å². The summed E-state index contributed by atoms with van der Waals surface area (Å²) in [4.78, 5) is 27.0. The van der Waals surface area contributed by atoms with Crippen molar-refractivity contribution < 1.29 is 14.0 Å². The van der Waals surface area contributed by atoms with E-state index in [0.29, 0.717) is 18.0 Å². The highest BCUT2D eigenvalue weighted by Gasteiger charge is 2.19. The number of Topliss-reactive ketones (excluding diaryl/α,β-unsaturated/α-hetero) is 1. The van der Waals surface area contributed by atoms with E-state index in [2.05, 4.69) is 10.3 Å². The SMILES string of the molecule is CCCCC(=O)NC(C)c1nc(C)c(C(C)=O)o1. The summed E-state index contributed by atoms with van der Waals surface area (Å²) in [6.45, 7) is 6.98. The zero-order chi connectivity index (χ0) is 13.7. The van der Waals surface area contributed by atoms with Crippen molar-refractivity contribution in [2.75, 3.05) is 0 Å². The Balaban J connectivity index is 2.67. The van der Waals surface area contributed by atoms with Gasteiger partial charge < -0.3 is 9.73 Å². The van der Waals surface area contributed by atoms with Crippen molar-refractivity contribution >= 4 is 11.7 Å². The number of nitrogens with one attached hydrogen (secondary N) is 1. The molecule has 5 heteroatoms. The normalized spacial score (nSPS) is 12.2. The number of carbonyl (C=O) groups excluding carboxylic acids is 2. The average molecular weight is 252 g/mol. The van der Waals surface area contributed by atoms with Crippen LogP contribution >= 0.6 is 0 Å². The second-order valence-electron chi connectivity index (χ2n) is 4.42. The molecule has 100 valence electrons. The van der Waals surface area contributed by atoms with Gasteiger partial charge in [-0.05, 0) is 20.3 Å². The summed E-state index contributed by atoms with van der Waals surface area (Å²) in [5, 5.41) is 2.80. The third-order valence-electron chi connectivity index (χ3n) is 2.64. The quantitative estimate of drug-likeness (QED) is 0.790. The summed E-state index contributed by atoms with van der Waals surface area (Å²) in [7, 11) is 0. The van der Waals surface area contributed by atoms with Crippen molar-refractivity contribution in [2.45, 2.75) is 53.0 Å². The Morgan fingerprint density at radius 3 is 2.61 bits per heavy atom. The smallest absolute Gasteiger partial charge is 0.220 e. The number of aryl methyl sites for hydroxylation is 1. The number of nitrogens with zero attached hydrogens (tertiary/aromatic N) is 1. The molecule has 0 aliphatic carbocycles. The Labute approximate surface area is 107 Å². The van der Waals surface area contributed by atoms with Gasteiger partial charge in [0, 0.05) is 13.3 Å². The van der Waals surface area contributed by atoms with Crippen molar-refractivity contribution in [3.05, 3.63) is 17.3 Å². The molecular weight excluding hydrogens is 232 g/mol. The summed E-state index contributed by atoms with van der Waals surface area (Å²) in [6.07, 6.45) is 2.34. The molecule has 0 bridgehead atoms. The summed E-state index contributed by atoms with van der Waals surface area (Å²) in [6, 6.07) is -0.318. The lowest BCUT2D eigenvalue weighted by atomic mass is 10.2. The lowest BCUT2D eigenvalue weighted by Gasteiger charge is -2.09. The lowest BCUT2D eigenvalue weighted by Crippen LogP contribution is -2.26. The number of carbonyl (C=O) groups is 2. The second-order valence-corrected chi connectivity index (χ2v) is 4.42. The highest BCUT2D eigenvalue weighted by atomic mass is 16.4. The van der Waals surface area contributed by atoms with E-state index in [4.69, 9.17) is 4.42 Å². The van der Waals surface area contributed by atoms with Crippen LogP contribution in [-0.2, 0) is 4.79 Å². The molecule has 1 aromatic heterocycles. The molecule has 1 heterocycles. The number of aromatic nitrogens is 1. The Morgan fingerprint density at radius 2 is 2.11 bits per heavy atom. The molecule has 5 nitrogen and oxygen atoms in total. The van der Waals surface area contributed by atoms with Crippen LogP contribution in [0.25, 0.3) is 0 Å². The average Bonchev–Trinajstić information content (AvgIpc) is 2.68. The lowest BCUT2D eigenvalue weighted by molar-refractivity contribution is -0.122. The Bertz CT molecular complexity index is 437. The number of amides is 1. The first-order valence-electron chi connectivity index (χ1n) is 6.23. The van der Waals surface area contributed by atoms with Gasteiger partial charge in [-0.1, -0.05) is 13.3 Å². The predicted octanol–water partition coefficient (Wildman–Crippen LogP) is 2.55. The zero-order valence-corrected chi connectivity index (χ0v) is 11.4. The minimum atomic E-state index is -0.318. The number of hydrogen-bond donors (Lipinski definition) is 1. The maximum atomic E-state index is 11.6. The third-order valence-corrected chi connectivity index (χ3v) is 2.64. The molecule has 0 saturated carbocycles. The highest BCUT2D eigenvalue weighted by molar-refractivity contribution is 5.92. The monoisotopic (exact) mass is 252 g/mol. The van der Waals surface area contributed by atoms with Crippen LogP contribution in [0.15, 0.2) is 4.42 Å². The first-order chi connectivity index (χ1) is 8.45. The number of rotatable bonds is 6. The third kappa shape index (κ3) is 3.68. The fourth-order valence-electron chi connectivity index (χ4n) is 1.64.